The average Bonchev–Trinajstić information content (AvgIpc) is 3.08. The molecular formula is C12H9N7. The summed E-state index contributed by atoms with van der Waals surface area (Å²) in [5.41, 5.74) is 9.10. The van der Waals surface area contributed by atoms with Crippen molar-refractivity contribution in [2.45, 2.75) is 0 Å². The van der Waals surface area contributed by atoms with Gasteiger partial charge in [0, 0.05) is 35.9 Å². The van der Waals surface area contributed by atoms with Gasteiger partial charge in [-0.2, -0.15) is 0 Å². The number of nitrogen functional groups attached to an aromatic ring is 1. The molecule has 0 saturated heterocycles. The third-order valence-electron chi connectivity index (χ3n) is 3.07. The number of rotatable bonds is 1. The maximum atomic E-state index is 5.79. The number of pyridine rings is 1. The first-order chi connectivity index (χ1) is 9.34. The molecule has 0 fully saturated rings. The van der Waals surface area contributed by atoms with Crippen LogP contribution >= 0.6 is 0 Å². The summed E-state index contributed by atoms with van der Waals surface area (Å²) < 4.78 is 3.60. The lowest BCUT2D eigenvalue weighted by Crippen LogP contribution is -2.01. The minimum absolute atomic E-state index is 0.360. The van der Waals surface area contributed by atoms with Gasteiger partial charge >= 0.3 is 0 Å². The average molecular weight is 251 g/mol. The standard InChI is InChI=1S/C12H9N7/c13-12-15-6-9(11-17-16-7-19(11)12)8-2-1-4-18-5-3-14-10(8)18/h1-7H,(H2,13,15). The lowest BCUT2D eigenvalue weighted by Gasteiger charge is -2.06. The third-order valence-corrected chi connectivity index (χ3v) is 3.07. The first-order valence-electron chi connectivity index (χ1n) is 5.71. The summed E-state index contributed by atoms with van der Waals surface area (Å²) in [6.45, 7) is 0. The fraction of sp³-hybridized carbons (Fsp3) is 0. The molecule has 2 N–H and O–H groups in total. The van der Waals surface area contributed by atoms with Crippen LogP contribution < -0.4 is 5.73 Å². The number of imidazole rings is 1. The van der Waals surface area contributed by atoms with Gasteiger partial charge < -0.3 is 10.1 Å². The SMILES string of the molecule is Nc1ncc(-c2cccn3ccnc23)c2nncn12. The van der Waals surface area contributed by atoms with Gasteiger partial charge in [-0.05, 0) is 12.1 Å². The van der Waals surface area contributed by atoms with Crippen LogP contribution in [0.2, 0.25) is 0 Å². The van der Waals surface area contributed by atoms with Gasteiger partial charge in [0.1, 0.15) is 12.0 Å². The van der Waals surface area contributed by atoms with Gasteiger partial charge in [-0.15, -0.1) is 10.2 Å². The highest BCUT2D eigenvalue weighted by Crippen LogP contribution is 2.26. The molecule has 0 spiro atoms. The molecule has 92 valence electrons. The number of hydrogen-bond donors (Lipinski definition) is 1. The third kappa shape index (κ3) is 1.32. The van der Waals surface area contributed by atoms with E-state index in [2.05, 4.69) is 20.2 Å². The summed E-state index contributed by atoms with van der Waals surface area (Å²) >= 11 is 0. The second-order valence-corrected chi connectivity index (χ2v) is 4.13. The molecule has 0 atom stereocenters. The maximum Gasteiger partial charge on any atom is 0.207 e. The zero-order chi connectivity index (χ0) is 12.8. The number of aromatic nitrogens is 6. The van der Waals surface area contributed by atoms with Gasteiger partial charge in [-0.25, -0.2) is 9.97 Å². The molecule has 0 aliphatic rings. The number of nitrogens with zero attached hydrogens (tertiary/aromatic N) is 6. The highest BCUT2D eigenvalue weighted by Gasteiger charge is 2.12. The van der Waals surface area contributed by atoms with Crippen molar-refractivity contribution in [1.29, 1.82) is 0 Å². The second-order valence-electron chi connectivity index (χ2n) is 4.13. The van der Waals surface area contributed by atoms with Crippen molar-refractivity contribution in [3.8, 4) is 11.1 Å². The Morgan fingerprint density at radius 1 is 1.05 bits per heavy atom. The lowest BCUT2D eigenvalue weighted by molar-refractivity contribution is 1.08. The number of hydrogen-bond acceptors (Lipinski definition) is 5. The van der Waals surface area contributed by atoms with E-state index in [1.165, 1.54) is 0 Å². The number of nitrogens with two attached hydrogens (primary N) is 1. The van der Waals surface area contributed by atoms with Crippen molar-refractivity contribution in [1.82, 2.24) is 29.0 Å². The first kappa shape index (κ1) is 10.0. The molecule has 7 nitrogen and oxygen atoms in total. The van der Waals surface area contributed by atoms with Crippen molar-refractivity contribution >= 4 is 17.2 Å². The summed E-state index contributed by atoms with van der Waals surface area (Å²) in [6.07, 6.45) is 8.84. The molecule has 7 heteroatoms. The second kappa shape index (κ2) is 3.52. The van der Waals surface area contributed by atoms with Crippen LogP contribution in [0.15, 0.2) is 43.2 Å². The monoisotopic (exact) mass is 251 g/mol. The van der Waals surface area contributed by atoms with Crippen LogP contribution in [-0.4, -0.2) is 29.0 Å². The molecule has 4 heterocycles. The predicted octanol–water partition coefficient (Wildman–Crippen LogP) is 1.02. The minimum atomic E-state index is 0.360. The Morgan fingerprint density at radius 2 is 2.00 bits per heavy atom. The van der Waals surface area contributed by atoms with E-state index >= 15 is 0 Å². The normalized spacial score (nSPS) is 11.4. The largest absolute Gasteiger partial charge is 0.369 e. The maximum absolute atomic E-state index is 5.79. The molecule has 0 aliphatic heterocycles. The Bertz CT molecular complexity index is 889. The van der Waals surface area contributed by atoms with Crippen molar-refractivity contribution in [3.63, 3.8) is 0 Å². The molecule has 0 amide bonds. The van der Waals surface area contributed by atoms with Crippen LogP contribution in [0.3, 0.4) is 0 Å². The van der Waals surface area contributed by atoms with Crippen LogP contribution in [0.25, 0.3) is 22.4 Å². The van der Waals surface area contributed by atoms with Gasteiger partial charge in [0.05, 0.1) is 0 Å². The molecule has 0 aromatic carbocycles. The number of fused-ring (bicyclic) bond motifs is 2. The highest BCUT2D eigenvalue weighted by molar-refractivity contribution is 5.85. The predicted molar refractivity (Wildman–Crippen MR) is 69.4 cm³/mol. The van der Waals surface area contributed by atoms with Crippen LogP contribution in [-0.2, 0) is 0 Å². The molecule has 0 radical (unpaired) electrons. The molecule has 19 heavy (non-hydrogen) atoms. The smallest absolute Gasteiger partial charge is 0.207 e. The Balaban J connectivity index is 2.12. The zero-order valence-corrected chi connectivity index (χ0v) is 9.80. The van der Waals surface area contributed by atoms with E-state index in [1.54, 1.807) is 23.1 Å². The van der Waals surface area contributed by atoms with E-state index in [1.807, 2.05) is 28.9 Å². The Kier molecular flexibility index (Phi) is 1.85. The van der Waals surface area contributed by atoms with Crippen molar-refractivity contribution in [2.24, 2.45) is 0 Å². The fourth-order valence-corrected chi connectivity index (χ4v) is 2.19. The van der Waals surface area contributed by atoms with Crippen LogP contribution in [0, 0.1) is 0 Å². The van der Waals surface area contributed by atoms with E-state index < -0.39 is 0 Å². The molecule has 0 aliphatic carbocycles. The van der Waals surface area contributed by atoms with E-state index in [0.717, 1.165) is 16.8 Å². The summed E-state index contributed by atoms with van der Waals surface area (Å²) in [7, 11) is 0. The van der Waals surface area contributed by atoms with Gasteiger partial charge in [-0.3, -0.25) is 4.40 Å². The topological polar surface area (TPSA) is 86.4 Å². The van der Waals surface area contributed by atoms with Crippen molar-refractivity contribution in [3.05, 3.63) is 43.2 Å². The van der Waals surface area contributed by atoms with Gasteiger partial charge in [0.15, 0.2) is 5.65 Å². The highest BCUT2D eigenvalue weighted by atomic mass is 15.3. The van der Waals surface area contributed by atoms with Gasteiger partial charge in [-0.1, -0.05) is 0 Å². The first-order valence-corrected chi connectivity index (χ1v) is 5.71. The van der Waals surface area contributed by atoms with E-state index in [4.69, 9.17) is 5.73 Å². The summed E-state index contributed by atoms with van der Waals surface area (Å²) in [5.74, 6) is 0.360. The molecule has 0 bridgehead atoms. The molecule has 0 unspecified atom stereocenters. The van der Waals surface area contributed by atoms with Crippen LogP contribution in [0.1, 0.15) is 0 Å². The number of anilines is 1. The van der Waals surface area contributed by atoms with Gasteiger partial charge in [0.2, 0.25) is 5.95 Å². The fourth-order valence-electron chi connectivity index (χ4n) is 2.19. The van der Waals surface area contributed by atoms with Crippen molar-refractivity contribution < 1.29 is 0 Å². The Hall–Kier alpha value is -2.96. The van der Waals surface area contributed by atoms with E-state index in [9.17, 15) is 0 Å². The minimum Gasteiger partial charge on any atom is -0.369 e. The lowest BCUT2D eigenvalue weighted by atomic mass is 10.1. The van der Waals surface area contributed by atoms with Crippen LogP contribution in [0.4, 0.5) is 5.95 Å². The Labute approximate surface area is 107 Å². The van der Waals surface area contributed by atoms with Gasteiger partial charge in [0.25, 0.3) is 0 Å². The van der Waals surface area contributed by atoms with Crippen molar-refractivity contribution in [2.75, 3.05) is 5.73 Å². The molecule has 0 saturated carbocycles. The summed E-state index contributed by atoms with van der Waals surface area (Å²) in [4.78, 5) is 8.53. The quantitative estimate of drug-likeness (QED) is 0.546. The summed E-state index contributed by atoms with van der Waals surface area (Å²) in [5, 5.41) is 7.98. The molecule has 4 rings (SSSR count). The van der Waals surface area contributed by atoms with E-state index in [-0.39, 0.29) is 0 Å². The molecule has 4 aromatic heterocycles. The molecule has 4 aromatic rings. The zero-order valence-electron chi connectivity index (χ0n) is 9.80. The van der Waals surface area contributed by atoms with E-state index in [0.29, 0.717) is 11.6 Å². The Morgan fingerprint density at radius 3 is 2.95 bits per heavy atom. The van der Waals surface area contributed by atoms with Crippen LogP contribution in [0.5, 0.6) is 0 Å². The molecular weight excluding hydrogens is 242 g/mol. The summed E-state index contributed by atoms with van der Waals surface area (Å²) in [6, 6.07) is 3.93.